The molecule has 0 saturated carbocycles. The van der Waals surface area contributed by atoms with Crippen LogP contribution in [0.4, 0.5) is 18.0 Å². The van der Waals surface area contributed by atoms with Crippen molar-refractivity contribution in [2.75, 3.05) is 0 Å². The zero-order chi connectivity index (χ0) is 19.5. The summed E-state index contributed by atoms with van der Waals surface area (Å²) >= 11 is 0. The Labute approximate surface area is 144 Å². The van der Waals surface area contributed by atoms with Crippen molar-refractivity contribution < 1.29 is 27.5 Å². The van der Waals surface area contributed by atoms with E-state index >= 15 is 0 Å². The fraction of sp³-hybridized carbons (Fsp3) is 0.562. The van der Waals surface area contributed by atoms with Gasteiger partial charge in [0.15, 0.2) is 0 Å². The Hall–Kier alpha value is -2.32. The second kappa shape index (κ2) is 7.28. The number of pyridine rings is 1. The van der Waals surface area contributed by atoms with Crippen LogP contribution in [0.15, 0.2) is 18.3 Å². The zero-order valence-electron chi connectivity index (χ0n) is 14.7. The lowest BCUT2D eigenvalue weighted by molar-refractivity contribution is -0.137. The normalized spacial score (nSPS) is 12.5. The summed E-state index contributed by atoms with van der Waals surface area (Å²) in [6.07, 6.45) is -4.24. The predicted octanol–water partition coefficient (Wildman–Crippen LogP) is 3.02. The second-order valence-electron chi connectivity index (χ2n) is 6.97. The maximum Gasteiger partial charge on any atom is 0.416 e. The minimum absolute atomic E-state index is 0.0521. The highest BCUT2D eigenvalue weighted by Gasteiger charge is 2.32. The molecule has 2 N–H and O–H groups in total. The molecule has 25 heavy (non-hydrogen) atoms. The molecular weight excluding hydrogens is 339 g/mol. The van der Waals surface area contributed by atoms with Crippen LogP contribution in [0.3, 0.4) is 0 Å². The van der Waals surface area contributed by atoms with Gasteiger partial charge in [0.05, 0.1) is 17.8 Å². The summed E-state index contributed by atoms with van der Waals surface area (Å²) in [5.74, 6) is -0.586. The molecule has 1 rings (SSSR count). The summed E-state index contributed by atoms with van der Waals surface area (Å²) in [4.78, 5) is 27.7. The maximum absolute atomic E-state index is 12.7. The lowest BCUT2D eigenvalue weighted by Crippen LogP contribution is -2.55. The van der Waals surface area contributed by atoms with E-state index in [1.807, 2.05) is 0 Å². The third-order valence-electron chi connectivity index (χ3n) is 2.96. The number of nitrogens with one attached hydrogen (secondary N) is 2. The van der Waals surface area contributed by atoms with E-state index in [-0.39, 0.29) is 12.2 Å². The van der Waals surface area contributed by atoms with Gasteiger partial charge in [-0.15, -0.1) is 0 Å². The molecule has 0 bridgehead atoms. The van der Waals surface area contributed by atoms with Gasteiger partial charge in [0.1, 0.15) is 11.1 Å². The predicted molar refractivity (Wildman–Crippen MR) is 84.5 cm³/mol. The van der Waals surface area contributed by atoms with Crippen LogP contribution in [-0.4, -0.2) is 28.1 Å². The van der Waals surface area contributed by atoms with Gasteiger partial charge in [0, 0.05) is 6.20 Å². The molecular formula is C16H22F3N3O3. The van der Waals surface area contributed by atoms with Gasteiger partial charge in [0.2, 0.25) is 5.91 Å². The van der Waals surface area contributed by atoms with E-state index in [0.29, 0.717) is 0 Å². The number of carbonyl (C=O) groups excluding carboxylic acids is 2. The largest absolute Gasteiger partial charge is 0.444 e. The second-order valence-corrected chi connectivity index (χ2v) is 6.97. The Morgan fingerprint density at radius 3 is 2.28 bits per heavy atom. The first kappa shape index (κ1) is 20.7. The average Bonchev–Trinajstić information content (AvgIpc) is 2.41. The lowest BCUT2D eigenvalue weighted by Gasteiger charge is -2.27. The van der Waals surface area contributed by atoms with E-state index in [2.05, 4.69) is 15.6 Å². The summed E-state index contributed by atoms with van der Waals surface area (Å²) in [5, 5.41) is 4.86. The van der Waals surface area contributed by atoms with Crippen LogP contribution in [0.5, 0.6) is 0 Å². The SMILES string of the molecule is CC(C)(C)OC(=O)NC(C)(C)C(=O)NCc1cc(C(F)(F)F)ccn1. The molecule has 0 atom stereocenters. The van der Waals surface area contributed by atoms with Crippen molar-refractivity contribution in [1.82, 2.24) is 15.6 Å². The number of aromatic nitrogens is 1. The van der Waals surface area contributed by atoms with E-state index in [4.69, 9.17) is 4.74 Å². The first-order valence-corrected chi connectivity index (χ1v) is 7.52. The minimum atomic E-state index is -4.49. The van der Waals surface area contributed by atoms with E-state index < -0.39 is 34.9 Å². The lowest BCUT2D eigenvalue weighted by atomic mass is 10.0. The van der Waals surface area contributed by atoms with Gasteiger partial charge >= 0.3 is 12.3 Å². The number of halogens is 3. The average molecular weight is 361 g/mol. The van der Waals surface area contributed by atoms with Crippen molar-refractivity contribution in [3.05, 3.63) is 29.6 Å². The molecule has 9 heteroatoms. The summed E-state index contributed by atoms with van der Waals surface area (Å²) in [7, 11) is 0. The van der Waals surface area contributed by atoms with Crippen LogP contribution in [0, 0.1) is 0 Å². The molecule has 2 amide bonds. The number of alkyl halides is 3. The van der Waals surface area contributed by atoms with Crippen molar-refractivity contribution in [2.45, 2.75) is 58.5 Å². The molecule has 6 nitrogen and oxygen atoms in total. The molecule has 1 aromatic heterocycles. The molecule has 0 aliphatic rings. The van der Waals surface area contributed by atoms with Gasteiger partial charge in [0.25, 0.3) is 0 Å². The van der Waals surface area contributed by atoms with Crippen LogP contribution < -0.4 is 10.6 Å². The molecule has 0 aromatic carbocycles. The van der Waals surface area contributed by atoms with Gasteiger partial charge in [-0.25, -0.2) is 4.79 Å². The molecule has 0 spiro atoms. The maximum atomic E-state index is 12.7. The molecule has 0 saturated heterocycles. The topological polar surface area (TPSA) is 80.3 Å². The number of carbonyl (C=O) groups is 2. The van der Waals surface area contributed by atoms with Crippen molar-refractivity contribution >= 4 is 12.0 Å². The number of amides is 2. The molecule has 0 aliphatic carbocycles. The number of nitrogens with zero attached hydrogens (tertiary/aromatic N) is 1. The molecule has 0 unspecified atom stereocenters. The highest BCUT2D eigenvalue weighted by molar-refractivity contribution is 5.89. The van der Waals surface area contributed by atoms with E-state index in [1.54, 1.807) is 20.8 Å². The number of alkyl carbamates (subject to hydrolysis) is 1. The third kappa shape index (κ3) is 6.98. The van der Waals surface area contributed by atoms with E-state index in [0.717, 1.165) is 18.3 Å². The van der Waals surface area contributed by atoms with Crippen LogP contribution in [-0.2, 0) is 22.3 Å². The van der Waals surface area contributed by atoms with Crippen LogP contribution in [0.25, 0.3) is 0 Å². The molecule has 0 aliphatic heterocycles. The highest BCUT2D eigenvalue weighted by Crippen LogP contribution is 2.28. The summed E-state index contributed by atoms with van der Waals surface area (Å²) in [5.41, 5.74) is -2.84. The monoisotopic (exact) mass is 361 g/mol. The molecule has 1 heterocycles. The summed E-state index contributed by atoms with van der Waals surface area (Å²) in [6, 6.07) is 1.70. The number of hydrogen-bond acceptors (Lipinski definition) is 4. The van der Waals surface area contributed by atoms with Crippen molar-refractivity contribution in [1.29, 1.82) is 0 Å². The van der Waals surface area contributed by atoms with Gasteiger partial charge in [-0.05, 0) is 46.8 Å². The summed E-state index contributed by atoms with van der Waals surface area (Å²) in [6.45, 7) is 7.73. The van der Waals surface area contributed by atoms with Crippen molar-refractivity contribution in [3.8, 4) is 0 Å². The van der Waals surface area contributed by atoms with Gasteiger partial charge < -0.3 is 15.4 Å². The third-order valence-corrected chi connectivity index (χ3v) is 2.96. The standard InChI is InChI=1S/C16H22F3N3O3/c1-14(2,3)25-13(24)22-15(4,5)12(23)21-9-11-8-10(6-7-20-11)16(17,18)19/h6-8H,9H2,1-5H3,(H,21,23)(H,22,24). The Morgan fingerprint density at radius 2 is 1.76 bits per heavy atom. The molecule has 1 aromatic rings. The van der Waals surface area contributed by atoms with Gasteiger partial charge in [-0.1, -0.05) is 0 Å². The Kier molecular flexibility index (Phi) is 6.04. The van der Waals surface area contributed by atoms with Crippen LogP contribution in [0.1, 0.15) is 45.9 Å². The van der Waals surface area contributed by atoms with Gasteiger partial charge in [-0.3, -0.25) is 9.78 Å². The first-order valence-electron chi connectivity index (χ1n) is 7.52. The minimum Gasteiger partial charge on any atom is -0.444 e. The Balaban J connectivity index is 2.68. The van der Waals surface area contributed by atoms with E-state index in [1.165, 1.54) is 13.8 Å². The van der Waals surface area contributed by atoms with E-state index in [9.17, 15) is 22.8 Å². The van der Waals surface area contributed by atoms with Crippen molar-refractivity contribution in [2.24, 2.45) is 0 Å². The fourth-order valence-corrected chi connectivity index (χ4v) is 1.76. The fourth-order valence-electron chi connectivity index (χ4n) is 1.76. The first-order chi connectivity index (χ1) is 11.2. The number of ether oxygens (including phenoxy) is 1. The Bertz CT molecular complexity index is 637. The zero-order valence-corrected chi connectivity index (χ0v) is 14.7. The quantitative estimate of drug-likeness (QED) is 0.864. The number of hydrogen-bond donors (Lipinski definition) is 2. The molecule has 0 radical (unpaired) electrons. The van der Waals surface area contributed by atoms with Crippen LogP contribution >= 0.6 is 0 Å². The highest BCUT2D eigenvalue weighted by atomic mass is 19.4. The van der Waals surface area contributed by atoms with Crippen molar-refractivity contribution in [3.63, 3.8) is 0 Å². The summed E-state index contributed by atoms with van der Waals surface area (Å²) < 4.78 is 43.0. The Morgan fingerprint density at radius 1 is 1.16 bits per heavy atom. The molecule has 0 fully saturated rings. The smallest absolute Gasteiger partial charge is 0.416 e. The number of rotatable bonds is 4. The van der Waals surface area contributed by atoms with Crippen LogP contribution in [0.2, 0.25) is 0 Å². The molecule has 140 valence electrons. The van der Waals surface area contributed by atoms with Gasteiger partial charge in [-0.2, -0.15) is 13.2 Å².